The highest BCUT2D eigenvalue weighted by atomic mass is 16.5. The largest absolute Gasteiger partial charge is 0.467 e. The number of anilines is 1. The summed E-state index contributed by atoms with van der Waals surface area (Å²) in [6, 6.07) is 5.79. The van der Waals surface area contributed by atoms with Gasteiger partial charge in [-0.3, -0.25) is 14.5 Å². The highest BCUT2D eigenvalue weighted by Crippen LogP contribution is 2.30. The van der Waals surface area contributed by atoms with Gasteiger partial charge in [-0.15, -0.1) is 0 Å². The fraction of sp³-hybridized carbons (Fsp3) is 0.250. The van der Waals surface area contributed by atoms with E-state index >= 15 is 0 Å². The quantitative estimate of drug-likeness (QED) is 0.559. The highest BCUT2D eigenvalue weighted by molar-refractivity contribution is 6.52. The van der Waals surface area contributed by atoms with Crippen LogP contribution in [0.1, 0.15) is 17.3 Å². The van der Waals surface area contributed by atoms with Crippen LogP contribution in [0, 0.1) is 0 Å². The number of hydrogen-bond donors (Lipinski definition) is 0. The lowest BCUT2D eigenvalue weighted by molar-refractivity contribution is -0.142. The number of benzene rings is 1. The van der Waals surface area contributed by atoms with Gasteiger partial charge in [-0.1, -0.05) is 12.1 Å². The van der Waals surface area contributed by atoms with Crippen LogP contribution in [0.15, 0.2) is 24.3 Å². The minimum atomic E-state index is -0.805. The Bertz CT molecular complexity index is 509. The number of carbonyl (C=O) groups excluding carboxylic acids is 3. The third kappa shape index (κ3) is 1.60. The van der Waals surface area contributed by atoms with Crippen molar-refractivity contribution in [3.05, 3.63) is 29.8 Å². The molecule has 0 saturated heterocycles. The van der Waals surface area contributed by atoms with Gasteiger partial charge >= 0.3 is 5.97 Å². The Hall–Kier alpha value is -2.17. The average molecular weight is 233 g/mol. The maximum atomic E-state index is 11.8. The average Bonchev–Trinajstić information content (AvgIpc) is 2.61. The van der Waals surface area contributed by atoms with E-state index < -0.39 is 23.7 Å². The van der Waals surface area contributed by atoms with Crippen molar-refractivity contribution in [3.8, 4) is 0 Å². The third-order valence-electron chi connectivity index (χ3n) is 2.75. The number of carbonyl (C=O) groups is 3. The van der Waals surface area contributed by atoms with E-state index in [0.717, 1.165) is 0 Å². The van der Waals surface area contributed by atoms with Crippen LogP contribution in [-0.2, 0) is 14.3 Å². The number of amides is 1. The fourth-order valence-electron chi connectivity index (χ4n) is 1.87. The molecule has 1 heterocycles. The molecule has 1 amide bonds. The molecule has 0 N–H and O–H groups in total. The molecule has 1 aliphatic heterocycles. The Labute approximate surface area is 98.0 Å². The van der Waals surface area contributed by atoms with Crippen LogP contribution in [0.4, 0.5) is 5.69 Å². The second-order valence-electron chi connectivity index (χ2n) is 3.72. The molecule has 1 aromatic rings. The molecule has 5 nitrogen and oxygen atoms in total. The normalized spacial score (nSPS) is 15.8. The van der Waals surface area contributed by atoms with Crippen molar-refractivity contribution in [1.29, 1.82) is 0 Å². The number of Topliss-reactive ketones (excluding diaryl/α,β-unsaturated/α-hetero) is 1. The van der Waals surface area contributed by atoms with Crippen molar-refractivity contribution in [2.24, 2.45) is 0 Å². The van der Waals surface area contributed by atoms with E-state index in [-0.39, 0.29) is 0 Å². The van der Waals surface area contributed by atoms with Gasteiger partial charge in [0.1, 0.15) is 6.04 Å². The topological polar surface area (TPSA) is 63.7 Å². The molecule has 1 aliphatic rings. The lowest BCUT2D eigenvalue weighted by Gasteiger charge is -2.22. The zero-order chi connectivity index (χ0) is 12.6. The fourth-order valence-corrected chi connectivity index (χ4v) is 1.87. The smallest absolute Gasteiger partial charge is 0.328 e. The van der Waals surface area contributed by atoms with Crippen LogP contribution >= 0.6 is 0 Å². The molecule has 5 heteroatoms. The molecule has 0 aliphatic carbocycles. The number of nitrogens with zero attached hydrogens (tertiary/aromatic N) is 1. The lowest BCUT2D eigenvalue weighted by Crippen LogP contribution is -2.43. The molecule has 17 heavy (non-hydrogen) atoms. The molecule has 0 radical (unpaired) electrons. The number of ether oxygens (including phenoxy) is 1. The zero-order valence-electron chi connectivity index (χ0n) is 9.47. The van der Waals surface area contributed by atoms with Crippen LogP contribution in [0.5, 0.6) is 0 Å². The number of hydrogen-bond acceptors (Lipinski definition) is 4. The first-order valence-corrected chi connectivity index (χ1v) is 5.12. The number of rotatable bonds is 2. The van der Waals surface area contributed by atoms with Crippen molar-refractivity contribution >= 4 is 23.3 Å². The van der Waals surface area contributed by atoms with Gasteiger partial charge in [0.25, 0.3) is 11.7 Å². The summed E-state index contributed by atoms with van der Waals surface area (Å²) >= 11 is 0. The van der Waals surface area contributed by atoms with Crippen molar-refractivity contribution in [2.75, 3.05) is 12.0 Å². The van der Waals surface area contributed by atoms with Gasteiger partial charge in [0, 0.05) is 0 Å². The maximum Gasteiger partial charge on any atom is 0.328 e. The van der Waals surface area contributed by atoms with Gasteiger partial charge in [0.05, 0.1) is 18.4 Å². The van der Waals surface area contributed by atoms with Crippen molar-refractivity contribution in [1.82, 2.24) is 0 Å². The van der Waals surface area contributed by atoms with E-state index in [1.807, 2.05) is 0 Å². The molecule has 0 saturated carbocycles. The van der Waals surface area contributed by atoms with Crippen molar-refractivity contribution in [3.63, 3.8) is 0 Å². The van der Waals surface area contributed by atoms with E-state index in [4.69, 9.17) is 0 Å². The lowest BCUT2D eigenvalue weighted by atomic mass is 10.1. The standard InChI is InChI=1S/C12H11NO4/c1-7(12(16)17-2)13-9-6-4-3-5-8(9)10(14)11(13)15/h3-7H,1-2H3. The third-order valence-corrected chi connectivity index (χ3v) is 2.75. The molecule has 0 bridgehead atoms. The first kappa shape index (κ1) is 11.3. The molecule has 1 aromatic carbocycles. The number of para-hydroxylation sites is 1. The van der Waals surface area contributed by atoms with Gasteiger partial charge in [0.15, 0.2) is 0 Å². The van der Waals surface area contributed by atoms with Gasteiger partial charge in [-0.2, -0.15) is 0 Å². The predicted octanol–water partition coefficient (Wildman–Crippen LogP) is 0.777. The monoisotopic (exact) mass is 233 g/mol. The molecule has 0 aromatic heterocycles. The van der Waals surface area contributed by atoms with E-state index in [2.05, 4.69) is 4.74 Å². The number of methoxy groups -OCH3 is 1. The second kappa shape index (κ2) is 4.01. The summed E-state index contributed by atoms with van der Waals surface area (Å²) < 4.78 is 4.58. The Morgan fingerprint density at radius 3 is 2.59 bits per heavy atom. The second-order valence-corrected chi connectivity index (χ2v) is 3.72. The Morgan fingerprint density at radius 1 is 1.29 bits per heavy atom. The van der Waals surface area contributed by atoms with Crippen LogP contribution < -0.4 is 4.90 Å². The molecule has 0 spiro atoms. The van der Waals surface area contributed by atoms with Gasteiger partial charge in [-0.05, 0) is 19.1 Å². The first-order chi connectivity index (χ1) is 8.07. The van der Waals surface area contributed by atoms with Crippen LogP contribution in [-0.4, -0.2) is 30.8 Å². The van der Waals surface area contributed by atoms with Crippen LogP contribution in [0.3, 0.4) is 0 Å². The molecule has 1 atom stereocenters. The van der Waals surface area contributed by atoms with E-state index in [1.54, 1.807) is 24.3 Å². The number of ketones is 1. The Balaban J connectivity index is 2.46. The predicted molar refractivity (Wildman–Crippen MR) is 59.7 cm³/mol. The molecule has 88 valence electrons. The number of fused-ring (bicyclic) bond motifs is 1. The van der Waals surface area contributed by atoms with Gasteiger partial charge < -0.3 is 4.74 Å². The summed E-state index contributed by atoms with van der Waals surface area (Å²) in [6.45, 7) is 1.53. The highest BCUT2D eigenvalue weighted by Gasteiger charge is 2.40. The Morgan fingerprint density at radius 2 is 1.94 bits per heavy atom. The zero-order valence-corrected chi connectivity index (χ0v) is 9.47. The first-order valence-electron chi connectivity index (χ1n) is 5.12. The summed E-state index contributed by atoms with van der Waals surface area (Å²) in [5.74, 6) is -1.83. The Kier molecular flexibility index (Phi) is 2.67. The minimum absolute atomic E-state index is 0.327. The van der Waals surface area contributed by atoms with Crippen LogP contribution in [0.25, 0.3) is 0 Å². The minimum Gasteiger partial charge on any atom is -0.467 e. The van der Waals surface area contributed by atoms with Crippen molar-refractivity contribution < 1.29 is 19.1 Å². The molecule has 2 rings (SSSR count). The molecular formula is C12H11NO4. The van der Waals surface area contributed by atoms with E-state index in [9.17, 15) is 14.4 Å². The molecular weight excluding hydrogens is 222 g/mol. The van der Waals surface area contributed by atoms with Gasteiger partial charge in [-0.25, -0.2) is 4.79 Å². The maximum absolute atomic E-state index is 11.8. The van der Waals surface area contributed by atoms with E-state index in [1.165, 1.54) is 18.9 Å². The number of esters is 1. The summed E-state index contributed by atoms with van der Waals surface area (Å²) in [5.41, 5.74) is 0.786. The van der Waals surface area contributed by atoms with E-state index in [0.29, 0.717) is 11.3 Å². The van der Waals surface area contributed by atoms with Gasteiger partial charge in [0.2, 0.25) is 0 Å². The van der Waals surface area contributed by atoms with Crippen LogP contribution in [0.2, 0.25) is 0 Å². The summed E-state index contributed by atoms with van der Waals surface area (Å²) in [6.07, 6.45) is 0. The molecule has 0 fully saturated rings. The summed E-state index contributed by atoms with van der Waals surface area (Å²) in [7, 11) is 1.24. The summed E-state index contributed by atoms with van der Waals surface area (Å²) in [5, 5.41) is 0. The molecule has 1 unspecified atom stereocenters. The van der Waals surface area contributed by atoms with Crippen molar-refractivity contribution in [2.45, 2.75) is 13.0 Å². The summed E-state index contributed by atoms with van der Waals surface area (Å²) in [4.78, 5) is 36.1. The SMILES string of the molecule is COC(=O)C(C)N1C(=O)C(=O)c2ccccc21.